The predicted molar refractivity (Wildman–Crippen MR) is 218 cm³/mol. The smallest absolute Gasteiger partial charge is 0.408 e. The van der Waals surface area contributed by atoms with E-state index in [0.29, 0.717) is 53.1 Å². The molecule has 3 aliphatic heterocycles. The molecule has 1 saturated carbocycles. The number of hydrogen-bond acceptors (Lipinski definition) is 12. The van der Waals surface area contributed by atoms with Gasteiger partial charge in [-0.2, -0.15) is 0 Å². The number of halogens is 1. The van der Waals surface area contributed by atoms with Crippen LogP contribution >= 0.6 is 22.9 Å². The summed E-state index contributed by atoms with van der Waals surface area (Å²) < 4.78 is 24.0. The van der Waals surface area contributed by atoms with E-state index in [1.165, 1.54) is 23.3 Å². The number of carboxylic acids is 1. The van der Waals surface area contributed by atoms with Crippen molar-refractivity contribution in [1.82, 2.24) is 25.5 Å². The first-order valence-electron chi connectivity index (χ1n) is 20.0. The van der Waals surface area contributed by atoms with Gasteiger partial charge in [0, 0.05) is 42.1 Å². The van der Waals surface area contributed by atoms with Gasteiger partial charge in [-0.05, 0) is 56.6 Å². The lowest BCUT2D eigenvalue weighted by Gasteiger charge is -2.36. The number of nitrogens with zero attached hydrogens (tertiary/aromatic N) is 3. The van der Waals surface area contributed by atoms with Gasteiger partial charge >= 0.3 is 12.1 Å². The minimum atomic E-state index is -1.42. The van der Waals surface area contributed by atoms with Crippen molar-refractivity contribution in [2.45, 2.75) is 135 Å². The molecule has 15 nitrogen and oxygen atoms in total. The summed E-state index contributed by atoms with van der Waals surface area (Å²) in [5.41, 5.74) is -0.735. The molecule has 5 heterocycles. The van der Waals surface area contributed by atoms with Crippen molar-refractivity contribution in [2.24, 2.45) is 11.3 Å². The molecule has 58 heavy (non-hydrogen) atoms. The molecule has 4 aliphatic rings. The number of carboxylic acid groups (broad SMARTS) is 1. The highest BCUT2D eigenvalue weighted by molar-refractivity contribution is 7.14. The van der Waals surface area contributed by atoms with E-state index < -0.39 is 53.0 Å². The molecule has 4 N–H and O–H groups in total. The van der Waals surface area contributed by atoms with Crippen molar-refractivity contribution in [1.29, 1.82) is 0 Å². The van der Waals surface area contributed by atoms with Crippen molar-refractivity contribution in [2.75, 3.05) is 19.0 Å². The molecule has 7 rings (SSSR count). The number of pyridine rings is 1. The number of fused-ring (bicyclic) bond motifs is 3. The van der Waals surface area contributed by atoms with E-state index in [-0.39, 0.29) is 54.7 Å². The summed E-state index contributed by atoms with van der Waals surface area (Å²) in [5.74, 6) is -1.67. The van der Waals surface area contributed by atoms with E-state index in [2.05, 4.69) is 16.0 Å². The van der Waals surface area contributed by atoms with Gasteiger partial charge in [-0.15, -0.1) is 11.3 Å². The number of carbonyl (C=O) groups excluding carboxylic acids is 3. The number of aliphatic carboxylic acids is 1. The molecule has 4 fully saturated rings. The third kappa shape index (κ3) is 8.51. The van der Waals surface area contributed by atoms with Crippen LogP contribution in [-0.2, 0) is 23.9 Å². The Balaban J connectivity index is 1.19. The van der Waals surface area contributed by atoms with Gasteiger partial charge in [-0.3, -0.25) is 9.59 Å². The lowest BCUT2D eigenvalue weighted by atomic mass is 9.85. The highest BCUT2D eigenvalue weighted by atomic mass is 35.5. The molecule has 1 aromatic carbocycles. The first kappa shape index (κ1) is 41.7. The van der Waals surface area contributed by atoms with Crippen LogP contribution in [0.1, 0.15) is 86.5 Å². The number of benzene rings is 1. The number of amides is 3. The van der Waals surface area contributed by atoms with Crippen LogP contribution in [0, 0.1) is 11.3 Å². The highest BCUT2D eigenvalue weighted by Gasteiger charge is 2.61. The summed E-state index contributed by atoms with van der Waals surface area (Å²) in [7, 11) is 1.51. The fourth-order valence-corrected chi connectivity index (χ4v) is 9.61. The van der Waals surface area contributed by atoms with Crippen LogP contribution in [0.5, 0.6) is 11.5 Å². The van der Waals surface area contributed by atoms with E-state index in [4.69, 9.17) is 40.5 Å². The molecule has 2 aromatic heterocycles. The fourth-order valence-electron chi connectivity index (χ4n) is 8.47. The van der Waals surface area contributed by atoms with Crippen molar-refractivity contribution in [3.63, 3.8) is 0 Å². The maximum Gasteiger partial charge on any atom is 0.408 e. The number of alkyl carbamates (subject to hydrolysis) is 1. The molecule has 3 saturated heterocycles. The number of anilines is 1. The maximum absolute atomic E-state index is 14.8. The maximum atomic E-state index is 14.8. The molecule has 17 heteroatoms. The average molecular weight is 841 g/mol. The Labute approximate surface area is 346 Å². The van der Waals surface area contributed by atoms with Gasteiger partial charge in [-0.25, -0.2) is 19.6 Å². The van der Waals surface area contributed by atoms with Crippen LogP contribution in [0.4, 0.5) is 9.93 Å². The number of methoxy groups -OCH3 is 1. The largest absolute Gasteiger partial charge is 0.495 e. The third-order valence-electron chi connectivity index (χ3n) is 11.6. The highest BCUT2D eigenvalue weighted by Crippen LogP contribution is 2.47. The molecular formula is C41H53ClN6O9S. The number of ether oxygens (including phenoxy) is 4. The third-order valence-corrected chi connectivity index (χ3v) is 12.7. The SMILES string of the molecule is CCC1C[C@]1(NC(=O)[C@@H]1CC(Oc2cc(-c3csc(NC(C)C)n3)nc3c(Cl)c(OC)ccc23)CN1C(=O)[C@@H](NC(=O)OC1C[C@H]2CC[C@@H](C1)O2)C(C)(C)C)C(=O)O. The number of rotatable bonds is 13. The Kier molecular flexibility index (Phi) is 11.7. The number of hydrogen-bond donors (Lipinski definition) is 4. The minimum absolute atomic E-state index is 0.0387. The molecule has 3 unspecified atom stereocenters. The van der Waals surface area contributed by atoms with Gasteiger partial charge < -0.3 is 44.9 Å². The Morgan fingerprint density at radius 3 is 2.41 bits per heavy atom. The monoisotopic (exact) mass is 840 g/mol. The van der Waals surface area contributed by atoms with Gasteiger partial charge in [0.15, 0.2) is 5.13 Å². The molecule has 0 radical (unpaired) electrons. The van der Waals surface area contributed by atoms with Gasteiger partial charge in [0.05, 0.1) is 37.1 Å². The first-order valence-corrected chi connectivity index (χ1v) is 21.3. The molecular weight excluding hydrogens is 788 g/mol. The van der Waals surface area contributed by atoms with E-state index in [9.17, 15) is 24.3 Å². The van der Waals surface area contributed by atoms with Crippen LogP contribution in [-0.4, -0.2) is 106 Å². The normalized spacial score (nSPS) is 26.9. The Bertz CT molecular complexity index is 2060. The summed E-state index contributed by atoms with van der Waals surface area (Å²) in [6.45, 7) is 11.3. The zero-order valence-electron chi connectivity index (χ0n) is 33.9. The second-order valence-electron chi connectivity index (χ2n) is 17.3. The van der Waals surface area contributed by atoms with Crippen LogP contribution in [0.15, 0.2) is 23.6 Å². The van der Waals surface area contributed by atoms with Crippen molar-refractivity contribution < 1.29 is 43.2 Å². The number of thiazole rings is 1. The van der Waals surface area contributed by atoms with Crippen LogP contribution in [0.2, 0.25) is 5.02 Å². The molecule has 2 bridgehead atoms. The predicted octanol–water partition coefficient (Wildman–Crippen LogP) is 6.41. The van der Waals surface area contributed by atoms with Gasteiger partial charge in [0.2, 0.25) is 11.8 Å². The minimum Gasteiger partial charge on any atom is -0.495 e. The van der Waals surface area contributed by atoms with Crippen LogP contribution in [0.25, 0.3) is 22.3 Å². The second-order valence-corrected chi connectivity index (χ2v) is 18.5. The zero-order valence-corrected chi connectivity index (χ0v) is 35.5. The van der Waals surface area contributed by atoms with Crippen molar-refractivity contribution in [3.05, 3.63) is 28.6 Å². The summed E-state index contributed by atoms with van der Waals surface area (Å²) in [4.78, 5) is 65.9. The van der Waals surface area contributed by atoms with E-state index in [0.717, 1.165) is 18.0 Å². The van der Waals surface area contributed by atoms with Crippen LogP contribution in [0.3, 0.4) is 0 Å². The number of likely N-dealkylation sites (tertiary alicyclic amines) is 1. The van der Waals surface area contributed by atoms with Gasteiger partial charge in [0.1, 0.15) is 52.0 Å². The average Bonchev–Trinajstić information content (AvgIpc) is 3.42. The van der Waals surface area contributed by atoms with Crippen LogP contribution < -0.4 is 25.4 Å². The number of aromatic nitrogens is 2. The molecule has 314 valence electrons. The summed E-state index contributed by atoms with van der Waals surface area (Å²) in [5, 5.41) is 22.6. The lowest BCUT2D eigenvalue weighted by Crippen LogP contribution is -2.59. The Hall–Kier alpha value is -4.41. The number of nitrogens with one attached hydrogen (secondary N) is 3. The molecule has 1 aliphatic carbocycles. The molecule has 3 aromatic rings. The Morgan fingerprint density at radius 2 is 1.79 bits per heavy atom. The van der Waals surface area contributed by atoms with E-state index in [1.54, 1.807) is 18.2 Å². The van der Waals surface area contributed by atoms with Crippen molar-refractivity contribution >= 4 is 62.8 Å². The topological polar surface area (TPSA) is 191 Å². The Morgan fingerprint density at radius 1 is 1.07 bits per heavy atom. The fraction of sp³-hybridized carbons (Fsp3) is 0.610. The van der Waals surface area contributed by atoms with Gasteiger partial charge in [0.25, 0.3) is 0 Å². The quantitative estimate of drug-likeness (QED) is 0.148. The van der Waals surface area contributed by atoms with E-state index >= 15 is 0 Å². The zero-order chi connectivity index (χ0) is 41.7. The second kappa shape index (κ2) is 16.3. The number of carbonyl (C=O) groups is 4. The first-order chi connectivity index (χ1) is 27.5. The lowest BCUT2D eigenvalue weighted by molar-refractivity contribution is -0.146. The molecule has 8 atom stereocenters. The molecule has 0 spiro atoms. The summed E-state index contributed by atoms with van der Waals surface area (Å²) in [6, 6.07) is 3.21. The molecule has 3 amide bonds. The van der Waals surface area contributed by atoms with Gasteiger partial charge in [-0.1, -0.05) is 45.7 Å². The van der Waals surface area contributed by atoms with Crippen molar-refractivity contribution in [3.8, 4) is 22.9 Å². The standard InChI is InChI=1S/C41H53ClN6O9S/c1-8-21-17-41(21,37(51)52)47-35(49)29-15-25(18-48(29)36(50)34(40(4,5)6)46-39(53)57-24-13-22-9-10-23(14-24)55-22)56-31-16-27(28-19-58-38(45-28)43-20(2)3)44-33-26(31)11-12-30(54-7)32(33)42/h11-12,16,19-25,29,34H,8-10,13-15,17-18H2,1-7H3,(H,43,45)(H,46,53)(H,47,49)(H,51,52)/t21?,22-,23+,24?,25?,29-,34+,41+/m0/s1. The summed E-state index contributed by atoms with van der Waals surface area (Å²) in [6.07, 6.45) is 2.26. The summed E-state index contributed by atoms with van der Waals surface area (Å²) >= 11 is 8.26. The van der Waals surface area contributed by atoms with E-state index in [1.807, 2.05) is 46.9 Å².